The number of fused-ring (bicyclic) bond motifs is 3. The first-order chi connectivity index (χ1) is 15.5. The predicted molar refractivity (Wildman–Crippen MR) is 130 cm³/mol. The van der Waals surface area contributed by atoms with Gasteiger partial charge in [-0.15, -0.1) is 0 Å². The van der Waals surface area contributed by atoms with E-state index in [9.17, 15) is 0 Å². The summed E-state index contributed by atoms with van der Waals surface area (Å²) in [5, 5.41) is 0. The Labute approximate surface area is 191 Å². The van der Waals surface area contributed by atoms with E-state index in [4.69, 9.17) is 19.3 Å². The zero-order valence-corrected chi connectivity index (χ0v) is 19.6. The van der Waals surface area contributed by atoms with Gasteiger partial charge < -0.3 is 9.47 Å². The second-order valence-electron chi connectivity index (χ2n) is 9.09. The molecule has 1 N–H and O–H groups in total. The molecule has 2 aromatic rings. The van der Waals surface area contributed by atoms with Crippen LogP contribution in [0, 0.1) is 5.92 Å². The number of hydrogen-bond acceptors (Lipinski definition) is 5. The predicted octanol–water partition coefficient (Wildman–Crippen LogP) is 5.73. The zero-order valence-electron chi connectivity index (χ0n) is 19.6. The van der Waals surface area contributed by atoms with E-state index >= 15 is 0 Å². The molecule has 1 aliphatic carbocycles. The fraction of sp³-hybridized carbons (Fsp3) is 0.444. The van der Waals surface area contributed by atoms with Crippen molar-refractivity contribution in [1.82, 2.24) is 5.48 Å². The summed E-state index contributed by atoms with van der Waals surface area (Å²) in [5.41, 5.74) is 9.31. The van der Waals surface area contributed by atoms with Crippen LogP contribution in [0.3, 0.4) is 0 Å². The molecule has 4 rings (SSSR count). The largest absolute Gasteiger partial charge is 0.493 e. The molecule has 2 atom stereocenters. The molecule has 1 heterocycles. The molecule has 0 unspecified atom stereocenters. The molecule has 0 amide bonds. The van der Waals surface area contributed by atoms with E-state index in [1.807, 2.05) is 0 Å². The first-order valence-electron chi connectivity index (χ1n) is 11.5. The molecule has 1 fully saturated rings. The Morgan fingerprint density at radius 2 is 1.75 bits per heavy atom. The van der Waals surface area contributed by atoms with Gasteiger partial charge in [0.15, 0.2) is 11.5 Å². The fourth-order valence-electron chi connectivity index (χ4n) is 4.68. The molecule has 5 nitrogen and oxygen atoms in total. The van der Waals surface area contributed by atoms with Gasteiger partial charge in [-0.25, -0.2) is 0 Å². The molecule has 0 bridgehead atoms. The van der Waals surface area contributed by atoms with Gasteiger partial charge in [-0.1, -0.05) is 57.5 Å². The fourth-order valence-corrected chi connectivity index (χ4v) is 4.68. The normalized spacial score (nSPS) is 19.6. The van der Waals surface area contributed by atoms with Crippen molar-refractivity contribution in [1.29, 1.82) is 0 Å². The lowest BCUT2D eigenvalue weighted by atomic mass is 9.75. The average Bonchev–Trinajstić information content (AvgIpc) is 2.82. The molecule has 2 aromatic carbocycles. The van der Waals surface area contributed by atoms with E-state index < -0.39 is 0 Å². The lowest BCUT2D eigenvalue weighted by Gasteiger charge is -2.35. The average molecular weight is 435 g/mol. The van der Waals surface area contributed by atoms with Crippen LogP contribution < -0.4 is 15.0 Å². The summed E-state index contributed by atoms with van der Waals surface area (Å²) in [6.45, 7) is 8.97. The number of aliphatic imine (C=N–C) groups is 1. The van der Waals surface area contributed by atoms with Crippen LogP contribution in [-0.2, 0) is 4.84 Å². The van der Waals surface area contributed by atoms with E-state index in [2.05, 4.69) is 62.3 Å². The number of nitrogens with zero attached hydrogens (tertiary/aromatic N) is 1. The number of rotatable bonds is 8. The summed E-state index contributed by atoms with van der Waals surface area (Å²) in [4.78, 5) is 10.8. The van der Waals surface area contributed by atoms with Crippen LogP contribution in [0.5, 0.6) is 11.5 Å². The maximum Gasteiger partial charge on any atom is 0.161 e. The van der Waals surface area contributed by atoms with Crippen molar-refractivity contribution in [2.45, 2.75) is 51.5 Å². The van der Waals surface area contributed by atoms with Crippen molar-refractivity contribution in [3.8, 4) is 11.5 Å². The van der Waals surface area contributed by atoms with Crippen molar-refractivity contribution in [3.05, 3.63) is 65.2 Å². The maximum absolute atomic E-state index is 5.62. The molecule has 170 valence electrons. The van der Waals surface area contributed by atoms with Crippen LogP contribution in [0.15, 0.2) is 48.0 Å². The van der Waals surface area contributed by atoms with Crippen LogP contribution in [0.2, 0.25) is 0 Å². The van der Waals surface area contributed by atoms with Crippen LogP contribution in [-0.4, -0.2) is 32.6 Å². The highest BCUT2D eigenvalue weighted by Gasteiger charge is 2.34. The molecule has 1 saturated carbocycles. The van der Waals surface area contributed by atoms with Gasteiger partial charge in [0.1, 0.15) is 0 Å². The van der Waals surface area contributed by atoms with Gasteiger partial charge in [0, 0.05) is 17.0 Å². The standard InChI is InChI=1S/C27H34N2O3/c1-17(2)16-32-29-18(3)19-10-12-20(13-11-19)27-23-15-26(31-5)25(30-4)14-22(23)21-8-6-7-9-24(21)28-27/h10-15,17,21,24,29H,3,6-9,16H2,1-2,4-5H3/t21-,24-/m1/s1. The number of hydroxylamine groups is 1. The van der Waals surface area contributed by atoms with Crippen molar-refractivity contribution in [3.63, 3.8) is 0 Å². The summed E-state index contributed by atoms with van der Waals surface area (Å²) in [6, 6.07) is 13.0. The number of hydrogen-bond donors (Lipinski definition) is 1. The molecule has 2 aliphatic rings. The van der Waals surface area contributed by atoms with Crippen molar-refractivity contribution in [2.24, 2.45) is 10.9 Å². The minimum atomic E-state index is 0.324. The minimum Gasteiger partial charge on any atom is -0.493 e. The highest BCUT2D eigenvalue weighted by Crippen LogP contribution is 2.44. The van der Waals surface area contributed by atoms with E-state index in [0.717, 1.165) is 46.0 Å². The van der Waals surface area contributed by atoms with Gasteiger partial charge in [-0.3, -0.25) is 15.3 Å². The summed E-state index contributed by atoms with van der Waals surface area (Å²) in [7, 11) is 3.38. The third kappa shape index (κ3) is 4.53. The second-order valence-corrected chi connectivity index (χ2v) is 9.09. The lowest BCUT2D eigenvalue weighted by Crippen LogP contribution is -2.29. The Balaban J connectivity index is 1.66. The number of methoxy groups -OCH3 is 2. The summed E-state index contributed by atoms with van der Waals surface area (Å²) < 4.78 is 11.2. The molecular weight excluding hydrogens is 400 g/mol. The smallest absolute Gasteiger partial charge is 0.161 e. The van der Waals surface area contributed by atoms with Crippen molar-refractivity contribution >= 4 is 11.4 Å². The molecule has 5 heteroatoms. The van der Waals surface area contributed by atoms with Gasteiger partial charge in [-0.2, -0.15) is 0 Å². The second kappa shape index (κ2) is 9.78. The van der Waals surface area contributed by atoms with E-state index in [1.165, 1.54) is 24.8 Å². The molecule has 32 heavy (non-hydrogen) atoms. The Kier molecular flexibility index (Phi) is 6.85. The monoisotopic (exact) mass is 434 g/mol. The topological polar surface area (TPSA) is 52.1 Å². The highest BCUT2D eigenvalue weighted by molar-refractivity contribution is 6.15. The Morgan fingerprint density at radius 1 is 1.06 bits per heavy atom. The van der Waals surface area contributed by atoms with Gasteiger partial charge in [0.05, 0.1) is 38.3 Å². The molecule has 0 aromatic heterocycles. The van der Waals surface area contributed by atoms with Gasteiger partial charge in [-0.05, 0) is 42.0 Å². The third-order valence-electron chi connectivity index (χ3n) is 6.35. The van der Waals surface area contributed by atoms with Crippen LogP contribution in [0.25, 0.3) is 5.70 Å². The highest BCUT2D eigenvalue weighted by atomic mass is 16.6. The maximum atomic E-state index is 5.62. The Hall–Kier alpha value is -2.79. The quantitative estimate of drug-likeness (QED) is 0.539. The Bertz CT molecular complexity index is 995. The van der Waals surface area contributed by atoms with E-state index in [1.54, 1.807) is 14.2 Å². The van der Waals surface area contributed by atoms with E-state index in [-0.39, 0.29) is 0 Å². The van der Waals surface area contributed by atoms with Crippen molar-refractivity contribution < 1.29 is 14.3 Å². The first kappa shape index (κ1) is 22.4. The summed E-state index contributed by atoms with van der Waals surface area (Å²) >= 11 is 0. The lowest BCUT2D eigenvalue weighted by molar-refractivity contribution is 0.0582. The first-order valence-corrected chi connectivity index (χ1v) is 11.5. The zero-order chi connectivity index (χ0) is 22.7. The third-order valence-corrected chi connectivity index (χ3v) is 6.35. The number of ether oxygens (including phenoxy) is 2. The van der Waals surface area contributed by atoms with Gasteiger partial charge in [0.2, 0.25) is 0 Å². The molecule has 0 saturated heterocycles. The van der Waals surface area contributed by atoms with Crippen LogP contribution in [0.4, 0.5) is 0 Å². The Morgan fingerprint density at radius 3 is 2.44 bits per heavy atom. The van der Waals surface area contributed by atoms with Gasteiger partial charge in [0.25, 0.3) is 0 Å². The number of benzene rings is 2. The van der Waals surface area contributed by atoms with E-state index in [0.29, 0.717) is 24.5 Å². The SMILES string of the molecule is C=C(NOCC(C)C)c1ccc(C2=N[C@@H]3CCCC[C@@H]3c3cc(OC)c(OC)cc32)cc1. The molecule has 1 aliphatic heterocycles. The molecule has 0 radical (unpaired) electrons. The number of nitrogens with one attached hydrogen (secondary N) is 1. The summed E-state index contributed by atoms with van der Waals surface area (Å²) in [5.74, 6) is 2.44. The molecular formula is C27H34N2O3. The minimum absolute atomic E-state index is 0.324. The van der Waals surface area contributed by atoms with Crippen LogP contribution >= 0.6 is 0 Å². The molecule has 0 spiro atoms. The van der Waals surface area contributed by atoms with Crippen LogP contribution in [0.1, 0.15) is 67.7 Å². The summed E-state index contributed by atoms with van der Waals surface area (Å²) in [6.07, 6.45) is 4.79. The van der Waals surface area contributed by atoms with Gasteiger partial charge >= 0.3 is 0 Å². The van der Waals surface area contributed by atoms with Crippen molar-refractivity contribution in [2.75, 3.05) is 20.8 Å².